The third kappa shape index (κ3) is 4.04. The zero-order valence-corrected chi connectivity index (χ0v) is 10.2. The molecule has 2 N–H and O–H groups in total. The van der Waals surface area contributed by atoms with Crippen LogP contribution in [0.1, 0.15) is 51.4 Å². The molecule has 0 aromatic heterocycles. The van der Waals surface area contributed by atoms with Gasteiger partial charge in [-0.25, -0.2) is 0 Å². The molecule has 3 unspecified atom stereocenters. The topological polar surface area (TPSA) is 44.5 Å². The molecular formula is C13H25NO2. The fourth-order valence-corrected chi connectivity index (χ4v) is 2.77. The van der Waals surface area contributed by atoms with Gasteiger partial charge >= 0.3 is 0 Å². The Labute approximate surface area is 98.7 Å². The van der Waals surface area contributed by atoms with Crippen molar-refractivity contribution in [2.75, 3.05) is 13.2 Å². The van der Waals surface area contributed by atoms with E-state index in [0.29, 0.717) is 18.2 Å². The largest absolute Gasteiger partial charge is 0.378 e. The van der Waals surface area contributed by atoms with Crippen LogP contribution in [0.3, 0.4) is 0 Å². The van der Waals surface area contributed by atoms with Crippen LogP contribution in [0.2, 0.25) is 0 Å². The van der Waals surface area contributed by atoms with E-state index in [-0.39, 0.29) is 0 Å². The van der Waals surface area contributed by atoms with Crippen LogP contribution < -0.4 is 5.73 Å². The van der Waals surface area contributed by atoms with Crippen LogP contribution in [0, 0.1) is 0 Å². The molecule has 16 heavy (non-hydrogen) atoms. The molecule has 3 atom stereocenters. The Morgan fingerprint density at radius 3 is 2.88 bits per heavy atom. The molecule has 1 aliphatic carbocycles. The van der Waals surface area contributed by atoms with Crippen molar-refractivity contribution in [3.05, 3.63) is 0 Å². The minimum atomic E-state index is 0.372. The molecule has 1 aliphatic heterocycles. The van der Waals surface area contributed by atoms with Gasteiger partial charge in [-0.3, -0.25) is 0 Å². The van der Waals surface area contributed by atoms with Crippen molar-refractivity contribution >= 4 is 0 Å². The summed E-state index contributed by atoms with van der Waals surface area (Å²) in [5.74, 6) is 0. The molecule has 1 saturated carbocycles. The normalized spacial score (nSPS) is 35.4. The van der Waals surface area contributed by atoms with Gasteiger partial charge in [-0.05, 0) is 51.4 Å². The molecule has 94 valence electrons. The Morgan fingerprint density at radius 2 is 2.12 bits per heavy atom. The highest BCUT2D eigenvalue weighted by molar-refractivity contribution is 4.75. The van der Waals surface area contributed by atoms with E-state index in [1.807, 2.05) is 0 Å². The number of ether oxygens (including phenoxy) is 2. The summed E-state index contributed by atoms with van der Waals surface area (Å²) in [6.07, 6.45) is 10.4. The van der Waals surface area contributed by atoms with E-state index in [0.717, 1.165) is 26.1 Å². The lowest BCUT2D eigenvalue weighted by molar-refractivity contribution is 0.0147. The summed E-state index contributed by atoms with van der Waals surface area (Å²) in [5, 5.41) is 0. The van der Waals surface area contributed by atoms with Crippen molar-refractivity contribution in [1.82, 2.24) is 0 Å². The van der Waals surface area contributed by atoms with Crippen molar-refractivity contribution in [2.24, 2.45) is 5.73 Å². The minimum absolute atomic E-state index is 0.372. The zero-order valence-electron chi connectivity index (χ0n) is 10.2. The van der Waals surface area contributed by atoms with E-state index in [4.69, 9.17) is 15.2 Å². The average Bonchev–Trinajstić information content (AvgIpc) is 2.77. The second kappa shape index (κ2) is 6.58. The zero-order chi connectivity index (χ0) is 11.2. The van der Waals surface area contributed by atoms with Crippen LogP contribution in [0.15, 0.2) is 0 Å². The summed E-state index contributed by atoms with van der Waals surface area (Å²) < 4.78 is 11.5. The Bertz CT molecular complexity index is 192. The van der Waals surface area contributed by atoms with Crippen LogP contribution in [-0.4, -0.2) is 31.5 Å². The van der Waals surface area contributed by atoms with E-state index in [2.05, 4.69) is 0 Å². The Kier molecular flexibility index (Phi) is 5.07. The van der Waals surface area contributed by atoms with Crippen LogP contribution in [0.5, 0.6) is 0 Å². The minimum Gasteiger partial charge on any atom is -0.378 e. The van der Waals surface area contributed by atoms with Gasteiger partial charge in [-0.1, -0.05) is 0 Å². The van der Waals surface area contributed by atoms with Crippen LogP contribution in [0.4, 0.5) is 0 Å². The van der Waals surface area contributed by atoms with Crippen molar-refractivity contribution in [2.45, 2.75) is 69.6 Å². The maximum absolute atomic E-state index is 5.93. The molecular weight excluding hydrogens is 202 g/mol. The molecule has 0 aromatic rings. The standard InChI is InChI=1S/C13H25NO2/c14-11-4-1-5-13(10-11)16-9-3-7-12-6-2-8-15-12/h11-13H,1-10,14H2. The quantitative estimate of drug-likeness (QED) is 0.733. The Morgan fingerprint density at radius 1 is 1.19 bits per heavy atom. The van der Waals surface area contributed by atoms with E-state index in [1.165, 1.54) is 38.5 Å². The maximum atomic E-state index is 5.93. The first-order chi connectivity index (χ1) is 7.84. The van der Waals surface area contributed by atoms with Crippen molar-refractivity contribution in [3.8, 4) is 0 Å². The monoisotopic (exact) mass is 227 g/mol. The molecule has 0 aromatic carbocycles. The average molecular weight is 227 g/mol. The third-order valence-corrected chi connectivity index (χ3v) is 3.71. The number of nitrogens with two attached hydrogens (primary N) is 1. The molecule has 2 rings (SSSR count). The van der Waals surface area contributed by atoms with E-state index < -0.39 is 0 Å². The lowest BCUT2D eigenvalue weighted by atomic mass is 9.93. The van der Waals surface area contributed by atoms with E-state index >= 15 is 0 Å². The highest BCUT2D eigenvalue weighted by atomic mass is 16.5. The van der Waals surface area contributed by atoms with Gasteiger partial charge in [-0.2, -0.15) is 0 Å². The lowest BCUT2D eigenvalue weighted by Gasteiger charge is -2.26. The molecule has 1 heterocycles. The van der Waals surface area contributed by atoms with E-state index in [9.17, 15) is 0 Å². The summed E-state index contributed by atoms with van der Waals surface area (Å²) in [7, 11) is 0. The highest BCUT2D eigenvalue weighted by Crippen LogP contribution is 2.21. The van der Waals surface area contributed by atoms with Crippen molar-refractivity contribution in [3.63, 3.8) is 0 Å². The third-order valence-electron chi connectivity index (χ3n) is 3.71. The first-order valence-electron chi connectivity index (χ1n) is 6.83. The molecule has 2 fully saturated rings. The smallest absolute Gasteiger partial charge is 0.0589 e. The fraction of sp³-hybridized carbons (Fsp3) is 1.00. The highest BCUT2D eigenvalue weighted by Gasteiger charge is 2.20. The van der Waals surface area contributed by atoms with Crippen molar-refractivity contribution in [1.29, 1.82) is 0 Å². The van der Waals surface area contributed by atoms with Gasteiger partial charge in [0, 0.05) is 19.3 Å². The molecule has 0 bridgehead atoms. The number of rotatable bonds is 5. The molecule has 0 spiro atoms. The van der Waals surface area contributed by atoms with Gasteiger partial charge in [0.1, 0.15) is 0 Å². The first kappa shape index (κ1) is 12.3. The second-order valence-corrected chi connectivity index (χ2v) is 5.20. The molecule has 2 aliphatic rings. The number of hydrogen-bond donors (Lipinski definition) is 1. The van der Waals surface area contributed by atoms with Crippen molar-refractivity contribution < 1.29 is 9.47 Å². The molecule has 3 heteroatoms. The lowest BCUT2D eigenvalue weighted by Crippen LogP contribution is -2.32. The number of hydrogen-bond acceptors (Lipinski definition) is 3. The predicted molar refractivity (Wildman–Crippen MR) is 64.4 cm³/mol. The van der Waals surface area contributed by atoms with Gasteiger partial charge < -0.3 is 15.2 Å². The van der Waals surface area contributed by atoms with Crippen LogP contribution >= 0.6 is 0 Å². The second-order valence-electron chi connectivity index (χ2n) is 5.20. The Balaban J connectivity index is 1.50. The van der Waals surface area contributed by atoms with E-state index in [1.54, 1.807) is 0 Å². The molecule has 1 saturated heterocycles. The van der Waals surface area contributed by atoms with Gasteiger partial charge in [0.25, 0.3) is 0 Å². The van der Waals surface area contributed by atoms with Gasteiger partial charge in [-0.15, -0.1) is 0 Å². The maximum Gasteiger partial charge on any atom is 0.0589 e. The molecule has 0 radical (unpaired) electrons. The fourth-order valence-electron chi connectivity index (χ4n) is 2.77. The predicted octanol–water partition coefficient (Wildman–Crippen LogP) is 2.23. The summed E-state index contributed by atoms with van der Waals surface area (Å²) in [6.45, 7) is 1.85. The summed E-state index contributed by atoms with van der Waals surface area (Å²) in [5.41, 5.74) is 5.93. The van der Waals surface area contributed by atoms with Gasteiger partial charge in [0.2, 0.25) is 0 Å². The SMILES string of the molecule is NC1CCCC(OCCCC2CCCO2)C1. The molecule has 0 amide bonds. The summed E-state index contributed by atoms with van der Waals surface area (Å²) in [4.78, 5) is 0. The van der Waals surface area contributed by atoms with Gasteiger partial charge in [0.05, 0.1) is 12.2 Å². The first-order valence-corrected chi connectivity index (χ1v) is 6.83. The van der Waals surface area contributed by atoms with Crippen LogP contribution in [0.25, 0.3) is 0 Å². The Hall–Kier alpha value is -0.120. The van der Waals surface area contributed by atoms with Crippen LogP contribution in [-0.2, 0) is 9.47 Å². The summed E-state index contributed by atoms with van der Waals surface area (Å²) in [6, 6.07) is 0.372. The summed E-state index contributed by atoms with van der Waals surface area (Å²) >= 11 is 0. The van der Waals surface area contributed by atoms with Gasteiger partial charge in [0.15, 0.2) is 0 Å². The molecule has 3 nitrogen and oxygen atoms in total.